The fourth-order valence-electron chi connectivity index (χ4n) is 6.62. The van der Waals surface area contributed by atoms with Crippen molar-refractivity contribution in [2.75, 3.05) is 21.3 Å². The van der Waals surface area contributed by atoms with Crippen molar-refractivity contribution >= 4 is 17.9 Å². The molecule has 0 aromatic heterocycles. The van der Waals surface area contributed by atoms with Gasteiger partial charge >= 0.3 is 17.9 Å². The fourth-order valence-corrected chi connectivity index (χ4v) is 6.62. The van der Waals surface area contributed by atoms with Crippen LogP contribution in [0.4, 0.5) is 0 Å². The van der Waals surface area contributed by atoms with Gasteiger partial charge in [-0.2, -0.15) is 0 Å². The van der Waals surface area contributed by atoms with Crippen LogP contribution in [0.3, 0.4) is 0 Å². The molecule has 0 atom stereocenters. The van der Waals surface area contributed by atoms with Gasteiger partial charge in [0.2, 0.25) is 0 Å². The summed E-state index contributed by atoms with van der Waals surface area (Å²) in [6.45, 7) is 6.66. The number of hydrogen-bond donors (Lipinski definition) is 0. The molecule has 0 saturated heterocycles. The summed E-state index contributed by atoms with van der Waals surface area (Å²) in [5.74, 6) is -0.246. The van der Waals surface area contributed by atoms with Gasteiger partial charge in [-0.3, -0.25) is 14.4 Å². The highest BCUT2D eigenvalue weighted by atomic mass is 16.5. The summed E-state index contributed by atoms with van der Waals surface area (Å²) in [6.07, 6.45) is 69.1. The van der Waals surface area contributed by atoms with Crippen molar-refractivity contribution in [3.05, 3.63) is 72.9 Å². The van der Waals surface area contributed by atoms with Gasteiger partial charge in [-0.05, 0) is 109 Å². The van der Waals surface area contributed by atoms with E-state index < -0.39 is 0 Å². The van der Waals surface area contributed by atoms with Gasteiger partial charge in [0.25, 0.3) is 0 Å². The average Bonchev–Trinajstić information content (AvgIpc) is 3.30. The van der Waals surface area contributed by atoms with E-state index in [4.69, 9.17) is 0 Å². The van der Waals surface area contributed by atoms with E-state index in [2.05, 4.69) is 108 Å². The molecule has 0 unspecified atom stereocenters. The molecule has 0 aliphatic carbocycles. The second-order valence-corrected chi connectivity index (χ2v) is 16.6. The Hall–Kier alpha value is -3.15. The average molecular weight is 883 g/mol. The van der Waals surface area contributed by atoms with Crippen molar-refractivity contribution in [3.8, 4) is 0 Å². The quantitative estimate of drug-likeness (QED) is 0.0263. The van der Waals surface area contributed by atoms with E-state index in [9.17, 15) is 14.4 Å². The normalized spacial score (nSPS) is 11.5. The molecule has 0 saturated carbocycles. The van der Waals surface area contributed by atoms with Crippen molar-refractivity contribution in [1.82, 2.24) is 0 Å². The summed E-state index contributed by atoms with van der Waals surface area (Å²) in [5, 5.41) is 0. The number of allylic oxidation sites excluding steroid dienone is 12. The van der Waals surface area contributed by atoms with E-state index in [-0.39, 0.29) is 17.9 Å². The first-order valence-corrected chi connectivity index (χ1v) is 26.0. The number of rotatable bonds is 42. The summed E-state index contributed by atoms with van der Waals surface area (Å²) < 4.78 is 13.8. The smallest absolute Gasteiger partial charge is 0.305 e. The van der Waals surface area contributed by atoms with Crippen LogP contribution < -0.4 is 0 Å². The molecule has 0 fully saturated rings. The molecule has 0 amide bonds. The molecule has 0 aliphatic heterocycles. The predicted octanol–water partition coefficient (Wildman–Crippen LogP) is 17.9. The van der Waals surface area contributed by atoms with E-state index in [1.165, 1.54) is 169 Å². The first-order chi connectivity index (χ1) is 30.9. The molecule has 0 spiro atoms. The largest absolute Gasteiger partial charge is 0.469 e. The van der Waals surface area contributed by atoms with Crippen LogP contribution >= 0.6 is 0 Å². The highest BCUT2D eigenvalue weighted by Crippen LogP contribution is 2.12. The monoisotopic (exact) mass is 883 g/mol. The van der Waals surface area contributed by atoms with Crippen molar-refractivity contribution < 1.29 is 28.6 Å². The van der Waals surface area contributed by atoms with Gasteiger partial charge in [-0.25, -0.2) is 0 Å². The van der Waals surface area contributed by atoms with Crippen molar-refractivity contribution in [2.24, 2.45) is 0 Å². The highest BCUT2D eigenvalue weighted by molar-refractivity contribution is 5.69. The summed E-state index contributed by atoms with van der Waals surface area (Å²) in [6, 6.07) is 0. The summed E-state index contributed by atoms with van der Waals surface area (Å²) in [4.78, 5) is 32.7. The SMILES string of the molecule is CC/C=C/C/C=C/C/C=C/CCCCCCCC(=O)OC.CCCCC/C=C/C/C=C/CCCCCCCC(=O)OC.CCCCCCCC/C=C/CCCCCCCC(=O)OC. The molecule has 6 heteroatoms. The summed E-state index contributed by atoms with van der Waals surface area (Å²) in [7, 11) is 4.36. The maximum absolute atomic E-state index is 10.9. The number of hydrogen-bond acceptors (Lipinski definition) is 6. The maximum atomic E-state index is 10.9. The Labute approximate surface area is 391 Å². The second-order valence-electron chi connectivity index (χ2n) is 16.6. The minimum absolute atomic E-state index is 0.0763. The Balaban J connectivity index is -0.000000857. The second kappa shape index (κ2) is 60.9. The molecule has 0 aliphatic rings. The van der Waals surface area contributed by atoms with Gasteiger partial charge in [-0.15, -0.1) is 0 Å². The van der Waals surface area contributed by atoms with Gasteiger partial charge in [0.05, 0.1) is 21.3 Å². The zero-order valence-corrected chi connectivity index (χ0v) is 42.3. The Kier molecular flexibility index (Phi) is 62.0. The van der Waals surface area contributed by atoms with Crippen LogP contribution in [0.5, 0.6) is 0 Å². The third-order valence-corrected chi connectivity index (χ3v) is 10.7. The Bertz CT molecular complexity index is 1110. The molecule has 366 valence electrons. The van der Waals surface area contributed by atoms with Crippen molar-refractivity contribution in [3.63, 3.8) is 0 Å². The van der Waals surface area contributed by atoms with Crippen LogP contribution in [0.2, 0.25) is 0 Å². The van der Waals surface area contributed by atoms with Gasteiger partial charge < -0.3 is 14.2 Å². The van der Waals surface area contributed by atoms with E-state index in [0.717, 1.165) is 64.2 Å². The molecule has 0 aromatic carbocycles. The minimum Gasteiger partial charge on any atom is -0.469 e. The topological polar surface area (TPSA) is 78.9 Å². The molecule has 63 heavy (non-hydrogen) atoms. The molecular formula is C57H102O6. The van der Waals surface area contributed by atoms with Gasteiger partial charge in [0.15, 0.2) is 0 Å². The first kappa shape index (κ1) is 64.1. The molecule has 0 heterocycles. The zero-order valence-electron chi connectivity index (χ0n) is 42.3. The van der Waals surface area contributed by atoms with E-state index in [1.54, 1.807) is 0 Å². The molecule has 0 bridgehead atoms. The third-order valence-electron chi connectivity index (χ3n) is 10.7. The molecule has 0 N–H and O–H groups in total. The lowest BCUT2D eigenvalue weighted by atomic mass is 10.1. The third kappa shape index (κ3) is 65.6. The molecule has 0 radical (unpaired) electrons. The van der Waals surface area contributed by atoms with Crippen LogP contribution in [0.1, 0.15) is 252 Å². The zero-order chi connectivity index (χ0) is 46.8. The minimum atomic E-state index is -0.0869. The fraction of sp³-hybridized carbons (Fsp3) is 0.737. The number of unbranched alkanes of at least 4 members (excludes halogenated alkanes) is 24. The summed E-state index contributed by atoms with van der Waals surface area (Å²) >= 11 is 0. The molecule has 0 rings (SSSR count). The highest BCUT2D eigenvalue weighted by Gasteiger charge is 2.00. The van der Waals surface area contributed by atoms with Gasteiger partial charge in [-0.1, -0.05) is 196 Å². The Morgan fingerprint density at radius 1 is 0.286 bits per heavy atom. The Morgan fingerprint density at radius 3 is 0.810 bits per heavy atom. The number of ether oxygens (including phenoxy) is 3. The molecular weight excluding hydrogens is 781 g/mol. The maximum Gasteiger partial charge on any atom is 0.305 e. The van der Waals surface area contributed by atoms with Crippen LogP contribution in [0.15, 0.2) is 72.9 Å². The molecule has 6 nitrogen and oxygen atoms in total. The standard InChI is InChI=1S/C19H36O2.C19H34O2.C19H32O2/c3*1-3-4-5-6-7-8-9-10-11-12-13-14-15-16-17-18-19(20)21-2/h10-11H,3-9,12-18H2,1-2H3;7-8,10-11H,3-6,9,12-18H2,1-2H3;4-5,7-8,10-11H,3,6,9,12-18H2,1-2H3/b11-10+;8-7+,11-10+;5-4+,8-7+,11-10+. The number of esters is 3. The lowest BCUT2D eigenvalue weighted by Gasteiger charge is -2.00. The lowest BCUT2D eigenvalue weighted by Crippen LogP contribution is -1.98. The van der Waals surface area contributed by atoms with Gasteiger partial charge in [0.1, 0.15) is 0 Å². The van der Waals surface area contributed by atoms with Gasteiger partial charge in [0, 0.05) is 19.3 Å². The lowest BCUT2D eigenvalue weighted by molar-refractivity contribution is -0.141. The number of methoxy groups -OCH3 is 3. The van der Waals surface area contributed by atoms with E-state index in [0.29, 0.717) is 19.3 Å². The van der Waals surface area contributed by atoms with E-state index in [1.807, 2.05) is 0 Å². The van der Waals surface area contributed by atoms with Crippen LogP contribution in [0.25, 0.3) is 0 Å². The number of carbonyl (C=O) groups is 3. The van der Waals surface area contributed by atoms with Crippen molar-refractivity contribution in [1.29, 1.82) is 0 Å². The van der Waals surface area contributed by atoms with Crippen LogP contribution in [0, 0.1) is 0 Å². The van der Waals surface area contributed by atoms with E-state index >= 15 is 0 Å². The Morgan fingerprint density at radius 2 is 0.508 bits per heavy atom. The predicted molar refractivity (Wildman–Crippen MR) is 274 cm³/mol. The van der Waals surface area contributed by atoms with Crippen LogP contribution in [-0.4, -0.2) is 39.2 Å². The summed E-state index contributed by atoms with van der Waals surface area (Å²) in [5.41, 5.74) is 0. The number of carbonyl (C=O) groups excluding carboxylic acids is 3. The molecule has 0 aromatic rings. The van der Waals surface area contributed by atoms with Crippen LogP contribution in [-0.2, 0) is 28.6 Å². The van der Waals surface area contributed by atoms with Crippen molar-refractivity contribution in [2.45, 2.75) is 252 Å². The first-order valence-electron chi connectivity index (χ1n) is 26.0.